The van der Waals surface area contributed by atoms with Gasteiger partial charge in [0.25, 0.3) is 0 Å². The summed E-state index contributed by atoms with van der Waals surface area (Å²) in [5.41, 5.74) is 1.45. The summed E-state index contributed by atoms with van der Waals surface area (Å²) in [4.78, 5) is 4.00. The lowest BCUT2D eigenvalue weighted by atomic mass is 10.2. The van der Waals surface area contributed by atoms with Gasteiger partial charge in [0.1, 0.15) is 0 Å². The fraction of sp³-hybridized carbons (Fsp3) is 0.294. The van der Waals surface area contributed by atoms with Crippen molar-refractivity contribution in [2.75, 3.05) is 6.54 Å². The van der Waals surface area contributed by atoms with Crippen molar-refractivity contribution in [3.63, 3.8) is 0 Å². The summed E-state index contributed by atoms with van der Waals surface area (Å²) in [6.45, 7) is 3.80. The van der Waals surface area contributed by atoms with Crippen LogP contribution in [0, 0.1) is 13.8 Å². The highest BCUT2D eigenvalue weighted by molar-refractivity contribution is 7.89. The number of thiazole rings is 1. The van der Waals surface area contributed by atoms with E-state index >= 15 is 0 Å². The molecular formula is C17H17F3N4O2S2. The van der Waals surface area contributed by atoms with E-state index in [2.05, 4.69) is 14.8 Å². The number of benzene rings is 1. The maximum Gasteiger partial charge on any atom is 0.416 e. The number of sulfonamides is 1. The van der Waals surface area contributed by atoms with E-state index in [-0.39, 0.29) is 6.54 Å². The lowest BCUT2D eigenvalue weighted by Gasteiger charge is -2.10. The molecule has 0 saturated heterocycles. The number of nitrogens with one attached hydrogen (secondary N) is 1. The van der Waals surface area contributed by atoms with E-state index < -0.39 is 26.7 Å². The van der Waals surface area contributed by atoms with Crippen molar-refractivity contribution in [2.45, 2.75) is 31.3 Å². The number of nitrogens with zero attached hydrogens (tertiary/aromatic N) is 3. The Bertz CT molecular complexity index is 1090. The second kappa shape index (κ2) is 7.64. The zero-order valence-corrected chi connectivity index (χ0v) is 16.6. The van der Waals surface area contributed by atoms with Gasteiger partial charge < -0.3 is 0 Å². The zero-order chi connectivity index (χ0) is 20.5. The Hall–Kier alpha value is -2.24. The van der Waals surface area contributed by atoms with Crippen LogP contribution in [0.2, 0.25) is 0 Å². The standard InChI is InChI=1S/C17H17F3N4O2S2/c1-11-8-12(2)24(23-11)16-22-14(10-27-16)6-7-21-28(25,26)15-5-3-4-13(9-15)17(18,19)20/h3-5,8-10,21H,6-7H2,1-2H3. The molecule has 0 unspecified atom stereocenters. The van der Waals surface area contributed by atoms with E-state index in [1.54, 1.807) is 10.1 Å². The molecule has 0 amide bonds. The predicted molar refractivity (Wildman–Crippen MR) is 99.0 cm³/mol. The van der Waals surface area contributed by atoms with Gasteiger partial charge in [0.2, 0.25) is 15.2 Å². The summed E-state index contributed by atoms with van der Waals surface area (Å²) in [5.74, 6) is 0. The molecule has 3 aromatic rings. The van der Waals surface area contributed by atoms with Gasteiger partial charge in [-0.15, -0.1) is 11.3 Å². The van der Waals surface area contributed by atoms with Gasteiger partial charge in [-0.25, -0.2) is 22.8 Å². The Balaban J connectivity index is 1.66. The molecule has 150 valence electrons. The van der Waals surface area contributed by atoms with Crippen LogP contribution in [-0.2, 0) is 22.6 Å². The summed E-state index contributed by atoms with van der Waals surface area (Å²) in [6.07, 6.45) is -4.31. The monoisotopic (exact) mass is 430 g/mol. The Labute approximate surface area is 164 Å². The third kappa shape index (κ3) is 4.59. The number of aryl methyl sites for hydroxylation is 2. The van der Waals surface area contributed by atoms with Crippen molar-refractivity contribution in [3.05, 3.63) is 58.4 Å². The van der Waals surface area contributed by atoms with E-state index in [4.69, 9.17) is 0 Å². The fourth-order valence-electron chi connectivity index (χ4n) is 2.57. The number of rotatable bonds is 6. The average molecular weight is 430 g/mol. The van der Waals surface area contributed by atoms with E-state index in [0.29, 0.717) is 23.3 Å². The zero-order valence-electron chi connectivity index (χ0n) is 15.0. The molecule has 0 aliphatic heterocycles. The number of aromatic nitrogens is 3. The SMILES string of the molecule is Cc1cc(C)n(-c2nc(CCNS(=O)(=O)c3cccc(C(F)(F)F)c3)cs2)n1. The Morgan fingerprint density at radius 1 is 1.21 bits per heavy atom. The molecule has 6 nitrogen and oxygen atoms in total. The molecule has 0 spiro atoms. The quantitative estimate of drug-likeness (QED) is 0.650. The molecule has 0 aliphatic rings. The third-order valence-corrected chi connectivity index (χ3v) is 6.20. The van der Waals surface area contributed by atoms with Crippen molar-refractivity contribution in [2.24, 2.45) is 0 Å². The van der Waals surface area contributed by atoms with Crippen LogP contribution in [0.3, 0.4) is 0 Å². The number of halogens is 3. The molecule has 3 rings (SSSR count). The molecule has 1 aromatic carbocycles. The molecule has 11 heteroatoms. The lowest BCUT2D eigenvalue weighted by molar-refractivity contribution is -0.137. The molecule has 0 bridgehead atoms. The molecule has 0 fully saturated rings. The Morgan fingerprint density at radius 2 is 1.96 bits per heavy atom. The van der Waals surface area contributed by atoms with Crippen LogP contribution in [0.15, 0.2) is 40.6 Å². The van der Waals surface area contributed by atoms with Crippen molar-refractivity contribution in [1.29, 1.82) is 0 Å². The summed E-state index contributed by atoms with van der Waals surface area (Å²) < 4.78 is 66.9. The van der Waals surface area contributed by atoms with Crippen LogP contribution >= 0.6 is 11.3 Å². The van der Waals surface area contributed by atoms with Gasteiger partial charge in [0.15, 0.2) is 0 Å². The second-order valence-electron chi connectivity index (χ2n) is 6.13. The number of hydrogen-bond donors (Lipinski definition) is 1. The highest BCUT2D eigenvalue weighted by atomic mass is 32.2. The first kappa shape index (κ1) is 20.5. The van der Waals surface area contributed by atoms with Crippen LogP contribution in [-0.4, -0.2) is 29.7 Å². The van der Waals surface area contributed by atoms with Gasteiger partial charge in [0.05, 0.1) is 21.8 Å². The summed E-state index contributed by atoms with van der Waals surface area (Å²) >= 11 is 1.38. The van der Waals surface area contributed by atoms with E-state index in [9.17, 15) is 21.6 Å². The third-order valence-electron chi connectivity index (χ3n) is 3.88. The van der Waals surface area contributed by atoms with Crippen molar-refractivity contribution >= 4 is 21.4 Å². The van der Waals surface area contributed by atoms with E-state index in [1.807, 2.05) is 19.9 Å². The first-order valence-electron chi connectivity index (χ1n) is 8.21. The van der Waals surface area contributed by atoms with Gasteiger partial charge >= 0.3 is 6.18 Å². The van der Waals surface area contributed by atoms with Crippen LogP contribution in [0.4, 0.5) is 13.2 Å². The molecule has 28 heavy (non-hydrogen) atoms. The molecule has 0 atom stereocenters. The highest BCUT2D eigenvalue weighted by Gasteiger charge is 2.31. The van der Waals surface area contributed by atoms with Gasteiger partial charge in [-0.3, -0.25) is 0 Å². The van der Waals surface area contributed by atoms with Crippen molar-refractivity contribution < 1.29 is 21.6 Å². The van der Waals surface area contributed by atoms with Crippen LogP contribution in [0.1, 0.15) is 22.6 Å². The molecular weight excluding hydrogens is 413 g/mol. The van der Waals surface area contributed by atoms with Crippen LogP contribution < -0.4 is 4.72 Å². The first-order chi connectivity index (χ1) is 13.1. The summed E-state index contributed by atoms with van der Waals surface area (Å²) in [5, 5.41) is 6.81. The molecule has 2 aromatic heterocycles. The fourth-order valence-corrected chi connectivity index (χ4v) is 4.51. The molecule has 0 saturated carbocycles. The predicted octanol–water partition coefficient (Wildman–Crippen LogP) is 3.49. The minimum absolute atomic E-state index is 0.0128. The average Bonchev–Trinajstić information content (AvgIpc) is 3.20. The maximum atomic E-state index is 12.8. The smallest absolute Gasteiger partial charge is 0.223 e. The van der Waals surface area contributed by atoms with Crippen molar-refractivity contribution in [3.8, 4) is 5.13 Å². The Kier molecular flexibility index (Phi) is 5.60. The molecule has 0 radical (unpaired) electrons. The Morgan fingerprint density at radius 3 is 2.61 bits per heavy atom. The summed E-state index contributed by atoms with van der Waals surface area (Å²) in [7, 11) is -4.05. The second-order valence-corrected chi connectivity index (χ2v) is 8.74. The van der Waals surface area contributed by atoms with Gasteiger partial charge in [-0.05, 0) is 38.1 Å². The van der Waals surface area contributed by atoms with Crippen molar-refractivity contribution in [1.82, 2.24) is 19.5 Å². The topological polar surface area (TPSA) is 76.9 Å². The largest absolute Gasteiger partial charge is 0.416 e. The van der Waals surface area contributed by atoms with Gasteiger partial charge in [0, 0.05) is 24.0 Å². The summed E-state index contributed by atoms with van der Waals surface area (Å²) in [6, 6.07) is 5.56. The molecule has 0 aliphatic carbocycles. The van der Waals surface area contributed by atoms with E-state index in [0.717, 1.165) is 29.6 Å². The van der Waals surface area contributed by atoms with E-state index in [1.165, 1.54) is 11.3 Å². The lowest BCUT2D eigenvalue weighted by Crippen LogP contribution is -2.26. The maximum absolute atomic E-state index is 12.8. The van der Waals surface area contributed by atoms with Gasteiger partial charge in [-0.2, -0.15) is 18.3 Å². The molecule has 2 heterocycles. The van der Waals surface area contributed by atoms with Crippen LogP contribution in [0.5, 0.6) is 0 Å². The first-order valence-corrected chi connectivity index (χ1v) is 10.6. The normalized spacial score (nSPS) is 12.5. The minimum Gasteiger partial charge on any atom is -0.223 e. The minimum atomic E-state index is -4.61. The highest BCUT2D eigenvalue weighted by Crippen LogP contribution is 2.30. The van der Waals surface area contributed by atoms with Crippen LogP contribution in [0.25, 0.3) is 5.13 Å². The van der Waals surface area contributed by atoms with Gasteiger partial charge in [-0.1, -0.05) is 6.07 Å². The number of alkyl halides is 3. The number of hydrogen-bond acceptors (Lipinski definition) is 5. The molecule has 1 N–H and O–H groups in total.